The van der Waals surface area contributed by atoms with Gasteiger partial charge in [-0.25, -0.2) is 0 Å². The van der Waals surface area contributed by atoms with E-state index in [4.69, 9.17) is 10.4 Å². The van der Waals surface area contributed by atoms with Crippen LogP contribution >= 0.6 is 0 Å². The maximum Gasteiger partial charge on any atom is 0.104 e. The van der Waals surface area contributed by atoms with Crippen LogP contribution in [0.1, 0.15) is 49.1 Å². The van der Waals surface area contributed by atoms with Crippen LogP contribution in [0.25, 0.3) is 0 Å². The van der Waals surface area contributed by atoms with E-state index in [1.165, 1.54) is 25.7 Å². The first-order valence-electron chi connectivity index (χ1n) is 8.20. The van der Waals surface area contributed by atoms with Gasteiger partial charge in [-0.2, -0.15) is 5.26 Å². The molecule has 0 radical (unpaired) electrons. The molecule has 22 heavy (non-hydrogen) atoms. The molecule has 3 nitrogen and oxygen atoms in total. The number of rotatable bonds is 3. The third-order valence-corrected chi connectivity index (χ3v) is 4.84. The molecular weight excluding hydrogens is 272 g/mol. The summed E-state index contributed by atoms with van der Waals surface area (Å²) in [6, 6.07) is 10.6. The minimum atomic E-state index is -0.146. The number of aliphatic hydroxyl groups excluding tert-OH is 1. The minimum Gasteiger partial charge on any atom is -0.396 e. The summed E-state index contributed by atoms with van der Waals surface area (Å²) >= 11 is 0. The van der Waals surface area contributed by atoms with Crippen LogP contribution in [-0.4, -0.2) is 23.8 Å². The molecule has 1 saturated heterocycles. The van der Waals surface area contributed by atoms with Gasteiger partial charge in [-0.3, -0.25) is 5.32 Å². The van der Waals surface area contributed by atoms with E-state index in [2.05, 4.69) is 47.5 Å². The van der Waals surface area contributed by atoms with Crippen LogP contribution in [0.4, 0.5) is 0 Å². The van der Waals surface area contributed by atoms with Crippen LogP contribution < -0.4 is 5.32 Å². The number of benzene rings is 1. The van der Waals surface area contributed by atoms with Gasteiger partial charge >= 0.3 is 0 Å². The van der Waals surface area contributed by atoms with Gasteiger partial charge in [0.05, 0.1) is 6.07 Å². The van der Waals surface area contributed by atoms with Gasteiger partial charge in [0.15, 0.2) is 0 Å². The van der Waals surface area contributed by atoms with Crippen LogP contribution in [0.3, 0.4) is 0 Å². The second-order valence-corrected chi connectivity index (χ2v) is 6.29. The van der Waals surface area contributed by atoms with Gasteiger partial charge < -0.3 is 5.11 Å². The largest absolute Gasteiger partial charge is 0.396 e. The lowest BCUT2D eigenvalue weighted by Crippen LogP contribution is -2.59. The van der Waals surface area contributed by atoms with Crippen molar-refractivity contribution < 1.29 is 5.11 Å². The van der Waals surface area contributed by atoms with Gasteiger partial charge in [0, 0.05) is 30.0 Å². The summed E-state index contributed by atoms with van der Waals surface area (Å²) in [5.41, 5.74) is 2.21. The zero-order valence-corrected chi connectivity index (χ0v) is 12.8. The number of aliphatic hydroxyl groups is 1. The molecule has 1 heterocycles. The summed E-state index contributed by atoms with van der Waals surface area (Å²) in [6.07, 6.45) is 5.80. The standard InChI is InChI=1S/C19H22N2O/c20-13-18-19(17(21-18)11-12-22)16-9-7-15(8-10-16)6-5-14-3-1-2-4-14/h7-10,14,17-19,21-22H,1-4,11-12H2/t17-,18+,19-/m0/s1. The van der Waals surface area contributed by atoms with Crippen LogP contribution in [0.2, 0.25) is 0 Å². The molecular formula is C19H22N2O. The Morgan fingerprint density at radius 2 is 1.91 bits per heavy atom. The van der Waals surface area contributed by atoms with E-state index in [0.717, 1.165) is 11.1 Å². The molecule has 0 amide bonds. The first-order chi connectivity index (χ1) is 10.8. The summed E-state index contributed by atoms with van der Waals surface area (Å²) in [7, 11) is 0. The normalized spacial score (nSPS) is 27.5. The Hall–Kier alpha value is -1.81. The highest BCUT2D eigenvalue weighted by molar-refractivity contribution is 5.40. The molecule has 3 rings (SSSR count). The number of nitrogens with one attached hydrogen (secondary N) is 1. The summed E-state index contributed by atoms with van der Waals surface area (Å²) in [5, 5.41) is 21.5. The molecule has 2 aliphatic rings. The highest BCUT2D eigenvalue weighted by Gasteiger charge is 2.40. The van der Waals surface area contributed by atoms with Gasteiger partial charge in [-0.15, -0.1) is 0 Å². The fourth-order valence-electron chi connectivity index (χ4n) is 3.54. The van der Waals surface area contributed by atoms with E-state index in [0.29, 0.717) is 12.3 Å². The van der Waals surface area contributed by atoms with Crippen molar-refractivity contribution in [2.45, 2.75) is 50.1 Å². The van der Waals surface area contributed by atoms with Gasteiger partial charge in [0.25, 0.3) is 0 Å². The Morgan fingerprint density at radius 1 is 1.18 bits per heavy atom. The molecule has 1 aliphatic carbocycles. The second kappa shape index (κ2) is 6.97. The summed E-state index contributed by atoms with van der Waals surface area (Å²) in [4.78, 5) is 0. The molecule has 3 heteroatoms. The maximum atomic E-state index is 9.17. The van der Waals surface area contributed by atoms with Gasteiger partial charge in [0.2, 0.25) is 0 Å². The first kappa shape index (κ1) is 15.1. The Labute approximate surface area is 132 Å². The maximum absolute atomic E-state index is 9.17. The van der Waals surface area contributed by atoms with Crippen molar-refractivity contribution in [1.29, 1.82) is 5.26 Å². The highest BCUT2D eigenvalue weighted by Crippen LogP contribution is 2.33. The Bertz CT molecular complexity index is 599. The van der Waals surface area contributed by atoms with E-state index < -0.39 is 0 Å². The van der Waals surface area contributed by atoms with E-state index in [9.17, 15) is 0 Å². The van der Waals surface area contributed by atoms with Crippen LogP contribution in [0.15, 0.2) is 24.3 Å². The SMILES string of the molecule is N#C[C@H]1N[C@@H](CCO)[C@@H]1c1ccc(C#CC2CCCC2)cc1. The van der Waals surface area contributed by atoms with Crippen molar-refractivity contribution in [2.24, 2.45) is 5.92 Å². The Balaban J connectivity index is 1.69. The van der Waals surface area contributed by atoms with E-state index in [1.807, 2.05) is 0 Å². The number of nitrogens with zero attached hydrogens (tertiary/aromatic N) is 1. The molecule has 0 unspecified atom stereocenters. The van der Waals surface area contributed by atoms with E-state index in [-0.39, 0.29) is 24.6 Å². The van der Waals surface area contributed by atoms with Gasteiger partial charge in [-0.05, 0) is 37.0 Å². The molecule has 1 aromatic carbocycles. The van der Waals surface area contributed by atoms with E-state index >= 15 is 0 Å². The second-order valence-electron chi connectivity index (χ2n) is 6.29. The fourth-order valence-corrected chi connectivity index (χ4v) is 3.54. The van der Waals surface area contributed by atoms with Crippen molar-refractivity contribution >= 4 is 0 Å². The lowest BCUT2D eigenvalue weighted by atomic mass is 9.76. The molecule has 2 fully saturated rings. The molecule has 0 aromatic heterocycles. The number of hydrogen-bond acceptors (Lipinski definition) is 3. The van der Waals surface area contributed by atoms with Crippen LogP contribution in [0.5, 0.6) is 0 Å². The summed E-state index contributed by atoms with van der Waals surface area (Å²) in [6.45, 7) is 0.150. The number of hydrogen-bond donors (Lipinski definition) is 2. The molecule has 3 atom stereocenters. The average Bonchev–Trinajstić information content (AvgIpc) is 3.04. The van der Waals surface area contributed by atoms with Crippen molar-refractivity contribution in [1.82, 2.24) is 5.32 Å². The zero-order chi connectivity index (χ0) is 15.4. The molecule has 114 valence electrons. The summed E-state index contributed by atoms with van der Waals surface area (Å²) < 4.78 is 0. The van der Waals surface area contributed by atoms with Gasteiger partial charge in [0.1, 0.15) is 6.04 Å². The fraction of sp³-hybridized carbons (Fsp3) is 0.526. The van der Waals surface area contributed by atoms with Crippen LogP contribution in [0, 0.1) is 29.1 Å². The van der Waals surface area contributed by atoms with Gasteiger partial charge in [-0.1, -0.05) is 36.8 Å². The molecule has 1 aliphatic heterocycles. The average molecular weight is 294 g/mol. The monoisotopic (exact) mass is 294 g/mol. The van der Waals surface area contributed by atoms with Crippen molar-refractivity contribution in [2.75, 3.05) is 6.61 Å². The molecule has 0 bridgehead atoms. The topological polar surface area (TPSA) is 56.0 Å². The smallest absolute Gasteiger partial charge is 0.104 e. The Morgan fingerprint density at radius 3 is 2.55 bits per heavy atom. The minimum absolute atomic E-state index is 0.146. The quantitative estimate of drug-likeness (QED) is 0.842. The summed E-state index contributed by atoms with van der Waals surface area (Å²) in [5.74, 6) is 7.41. The van der Waals surface area contributed by atoms with Crippen molar-refractivity contribution in [3.63, 3.8) is 0 Å². The lowest BCUT2D eigenvalue weighted by molar-refractivity contribution is 0.190. The molecule has 1 saturated carbocycles. The Kier molecular flexibility index (Phi) is 4.78. The third kappa shape index (κ3) is 3.17. The number of nitriles is 1. The predicted molar refractivity (Wildman–Crippen MR) is 86.0 cm³/mol. The zero-order valence-electron chi connectivity index (χ0n) is 12.8. The molecule has 1 aromatic rings. The molecule has 0 spiro atoms. The first-order valence-corrected chi connectivity index (χ1v) is 8.20. The van der Waals surface area contributed by atoms with Crippen molar-refractivity contribution in [3.05, 3.63) is 35.4 Å². The van der Waals surface area contributed by atoms with Crippen molar-refractivity contribution in [3.8, 4) is 17.9 Å². The van der Waals surface area contributed by atoms with E-state index in [1.54, 1.807) is 0 Å². The predicted octanol–water partition coefficient (Wildman–Crippen LogP) is 2.56. The molecule has 2 N–H and O–H groups in total. The lowest BCUT2D eigenvalue weighted by Gasteiger charge is -2.42. The highest BCUT2D eigenvalue weighted by atomic mass is 16.3. The third-order valence-electron chi connectivity index (χ3n) is 4.84. The van der Waals surface area contributed by atoms with Crippen LogP contribution in [-0.2, 0) is 0 Å².